The molecule has 0 amide bonds. The van der Waals surface area contributed by atoms with E-state index in [9.17, 15) is 4.39 Å². The number of hydrogen-bond acceptors (Lipinski definition) is 2. The second-order valence-corrected chi connectivity index (χ2v) is 10.4. The fourth-order valence-corrected chi connectivity index (χ4v) is 6.07. The van der Waals surface area contributed by atoms with Crippen LogP contribution in [-0.2, 0) is 0 Å². The van der Waals surface area contributed by atoms with Crippen LogP contribution < -0.4 is 4.46 Å². The number of allylic oxidation sites excluding steroid dienone is 1. The van der Waals surface area contributed by atoms with Gasteiger partial charge in [-0.05, 0) is 0 Å². The van der Waals surface area contributed by atoms with Crippen molar-refractivity contribution in [2.45, 2.75) is 19.2 Å². The molecule has 0 spiro atoms. The minimum atomic E-state index is -0.256. The second kappa shape index (κ2) is 9.76. The van der Waals surface area contributed by atoms with Gasteiger partial charge in [0.15, 0.2) is 0 Å². The van der Waals surface area contributed by atoms with E-state index in [0.29, 0.717) is 0 Å². The van der Waals surface area contributed by atoms with Crippen LogP contribution in [0.3, 0.4) is 0 Å². The molecule has 5 heteroatoms. The van der Waals surface area contributed by atoms with Gasteiger partial charge in [-0.1, -0.05) is 0 Å². The number of rotatable bonds is 6. The first-order valence-electron chi connectivity index (χ1n) is 11.2. The van der Waals surface area contributed by atoms with Crippen LogP contribution in [0, 0.1) is 19.7 Å². The SMILES string of the molecule is Cc1ccc(C)c(/C(C[Se]c2ccccc2)=C(/c2ccc(F)cc2)n2nnc3ccccc32)c1. The van der Waals surface area contributed by atoms with E-state index in [-0.39, 0.29) is 20.8 Å². The second-order valence-electron chi connectivity index (χ2n) is 8.24. The van der Waals surface area contributed by atoms with E-state index in [4.69, 9.17) is 0 Å². The van der Waals surface area contributed by atoms with Crippen molar-refractivity contribution in [1.29, 1.82) is 0 Å². The summed E-state index contributed by atoms with van der Waals surface area (Å²) in [6.45, 7) is 4.26. The Labute approximate surface area is 205 Å². The summed E-state index contributed by atoms with van der Waals surface area (Å²) in [7, 11) is 0. The number of aromatic nitrogens is 3. The molecule has 3 nitrogen and oxygen atoms in total. The van der Waals surface area contributed by atoms with E-state index >= 15 is 0 Å². The maximum atomic E-state index is 13.9. The number of benzene rings is 4. The average molecular weight is 512 g/mol. The van der Waals surface area contributed by atoms with Gasteiger partial charge in [-0.15, -0.1) is 0 Å². The van der Waals surface area contributed by atoms with E-state index in [1.807, 2.05) is 47.1 Å². The third kappa shape index (κ3) is 4.58. The number of fused-ring (bicyclic) bond motifs is 1. The van der Waals surface area contributed by atoms with Crippen LogP contribution in [0.4, 0.5) is 4.39 Å². The monoisotopic (exact) mass is 513 g/mol. The van der Waals surface area contributed by atoms with Gasteiger partial charge in [-0.3, -0.25) is 0 Å². The fraction of sp³-hybridized carbons (Fsp3) is 0.103. The number of para-hydroxylation sites is 1. The summed E-state index contributed by atoms with van der Waals surface area (Å²) >= 11 is 0.203. The molecule has 0 saturated carbocycles. The molecule has 0 aliphatic rings. The predicted molar refractivity (Wildman–Crippen MR) is 139 cm³/mol. The van der Waals surface area contributed by atoms with Crippen LogP contribution in [-0.4, -0.2) is 30.0 Å². The Morgan fingerprint density at radius 2 is 1.59 bits per heavy atom. The minimum absolute atomic E-state index is 0.203. The Morgan fingerprint density at radius 3 is 2.38 bits per heavy atom. The topological polar surface area (TPSA) is 30.7 Å². The van der Waals surface area contributed by atoms with Crippen molar-refractivity contribution in [2.75, 3.05) is 0 Å². The Morgan fingerprint density at radius 1 is 0.853 bits per heavy atom. The Bertz CT molecular complexity index is 1470. The molecule has 5 aromatic rings. The van der Waals surface area contributed by atoms with Crippen LogP contribution >= 0.6 is 0 Å². The first-order chi connectivity index (χ1) is 16.6. The molecule has 168 valence electrons. The summed E-state index contributed by atoms with van der Waals surface area (Å²) in [5.74, 6) is -0.256. The average Bonchev–Trinajstić information content (AvgIpc) is 3.29. The first-order valence-corrected chi connectivity index (χ1v) is 13.2. The molecule has 0 unspecified atom stereocenters. The van der Waals surface area contributed by atoms with Crippen molar-refractivity contribution in [1.82, 2.24) is 15.0 Å². The van der Waals surface area contributed by atoms with Gasteiger partial charge in [0.05, 0.1) is 0 Å². The zero-order chi connectivity index (χ0) is 23.5. The number of hydrogen-bond donors (Lipinski definition) is 0. The third-order valence-electron chi connectivity index (χ3n) is 5.81. The van der Waals surface area contributed by atoms with Gasteiger partial charge in [-0.2, -0.15) is 0 Å². The summed E-state index contributed by atoms with van der Waals surface area (Å²) in [5, 5.41) is 9.86. The number of halogens is 1. The molecule has 0 saturated heterocycles. The van der Waals surface area contributed by atoms with E-state index in [2.05, 4.69) is 66.6 Å². The normalized spacial score (nSPS) is 12.1. The van der Waals surface area contributed by atoms with E-state index < -0.39 is 0 Å². The molecule has 0 aliphatic carbocycles. The molecular weight excluding hydrogens is 488 g/mol. The quantitative estimate of drug-likeness (QED) is 0.205. The van der Waals surface area contributed by atoms with Crippen molar-refractivity contribution >= 4 is 41.7 Å². The number of aryl methyl sites for hydroxylation is 2. The molecular formula is C29H24FN3Se. The summed E-state index contributed by atoms with van der Waals surface area (Å²) in [6.07, 6.45) is 0. The van der Waals surface area contributed by atoms with Crippen molar-refractivity contribution in [3.8, 4) is 0 Å². The molecule has 0 atom stereocenters. The zero-order valence-corrected chi connectivity index (χ0v) is 20.8. The summed E-state index contributed by atoms with van der Waals surface area (Å²) in [5.41, 5.74) is 8.40. The van der Waals surface area contributed by atoms with E-state index in [1.165, 1.54) is 38.9 Å². The van der Waals surface area contributed by atoms with Gasteiger partial charge in [-0.25, -0.2) is 0 Å². The Hall–Kier alpha value is -3.53. The molecule has 0 fully saturated rings. The number of nitrogens with zero attached hydrogens (tertiary/aromatic N) is 3. The molecule has 34 heavy (non-hydrogen) atoms. The van der Waals surface area contributed by atoms with Gasteiger partial charge >= 0.3 is 205 Å². The van der Waals surface area contributed by atoms with E-state index in [0.717, 1.165) is 27.6 Å². The van der Waals surface area contributed by atoms with Gasteiger partial charge in [0.25, 0.3) is 0 Å². The van der Waals surface area contributed by atoms with Crippen LogP contribution in [0.2, 0.25) is 5.32 Å². The van der Waals surface area contributed by atoms with Crippen LogP contribution in [0.5, 0.6) is 0 Å². The summed E-state index contributed by atoms with van der Waals surface area (Å²) in [6, 6.07) is 31.8. The molecule has 5 rings (SSSR count). The Balaban J connectivity index is 1.79. The van der Waals surface area contributed by atoms with Crippen molar-refractivity contribution < 1.29 is 4.39 Å². The van der Waals surface area contributed by atoms with Crippen LogP contribution in [0.15, 0.2) is 97.1 Å². The van der Waals surface area contributed by atoms with Crippen molar-refractivity contribution in [2.24, 2.45) is 0 Å². The molecule has 0 radical (unpaired) electrons. The maximum absolute atomic E-state index is 13.9. The molecule has 0 bridgehead atoms. The van der Waals surface area contributed by atoms with Gasteiger partial charge in [0.1, 0.15) is 0 Å². The standard InChI is InChI=1S/C29H24FN3Se/c1-20-12-13-21(2)25(18-20)26(19-34-24-8-4-3-5-9-24)29(22-14-16-23(30)17-15-22)33-28-11-7-6-10-27(28)31-32-33/h3-18H,19H2,1-2H3/b29-26-. The molecule has 1 aromatic heterocycles. The summed E-state index contributed by atoms with van der Waals surface area (Å²) in [4.78, 5) is 0. The first kappa shape index (κ1) is 22.3. The van der Waals surface area contributed by atoms with Crippen molar-refractivity contribution in [3.63, 3.8) is 0 Å². The van der Waals surface area contributed by atoms with Crippen molar-refractivity contribution in [3.05, 3.63) is 125 Å². The van der Waals surface area contributed by atoms with Gasteiger partial charge in [0.2, 0.25) is 0 Å². The third-order valence-corrected chi connectivity index (χ3v) is 7.99. The van der Waals surface area contributed by atoms with E-state index in [1.54, 1.807) is 0 Å². The van der Waals surface area contributed by atoms with Gasteiger partial charge < -0.3 is 0 Å². The van der Waals surface area contributed by atoms with Gasteiger partial charge in [0, 0.05) is 0 Å². The van der Waals surface area contributed by atoms with Crippen LogP contribution in [0.1, 0.15) is 22.3 Å². The molecule has 1 heterocycles. The predicted octanol–water partition coefficient (Wildman–Crippen LogP) is 6.05. The Kier molecular flexibility index (Phi) is 6.39. The summed E-state index contributed by atoms with van der Waals surface area (Å²) < 4.78 is 17.2. The molecule has 0 aliphatic heterocycles. The molecule has 4 aromatic carbocycles. The van der Waals surface area contributed by atoms with Crippen LogP contribution in [0.25, 0.3) is 22.3 Å². The zero-order valence-electron chi connectivity index (χ0n) is 19.1. The fourth-order valence-electron chi connectivity index (χ4n) is 4.07. The molecule has 0 N–H and O–H groups in total.